The fraction of sp³-hybridized carbons (Fsp3) is 0.111. The first kappa shape index (κ1) is 19.1. The molecule has 1 N–H and O–H groups in total. The molecule has 1 amide bonds. The number of benzene rings is 2. The van der Waals surface area contributed by atoms with Crippen LogP contribution in [0.4, 0.5) is 5.69 Å². The van der Waals surface area contributed by atoms with E-state index in [0.717, 1.165) is 0 Å². The lowest BCUT2D eigenvalue weighted by Gasteiger charge is -2.09. The summed E-state index contributed by atoms with van der Waals surface area (Å²) in [6.45, 7) is 2.23. The maximum Gasteiger partial charge on any atom is 0.266 e. The zero-order valence-electron chi connectivity index (χ0n) is 13.1. The Kier molecular flexibility index (Phi) is 6.72. The lowest BCUT2D eigenvalue weighted by atomic mass is 10.1. The summed E-state index contributed by atoms with van der Waals surface area (Å²) in [5.41, 5.74) is 0.897. The highest BCUT2D eigenvalue weighted by Crippen LogP contribution is 2.34. The molecule has 128 valence electrons. The van der Waals surface area contributed by atoms with Crippen molar-refractivity contribution in [3.05, 3.63) is 62.6 Å². The second kappa shape index (κ2) is 8.77. The van der Waals surface area contributed by atoms with Crippen LogP contribution < -0.4 is 10.1 Å². The van der Waals surface area contributed by atoms with Gasteiger partial charge in [0.05, 0.1) is 16.7 Å². The molecule has 0 bridgehead atoms. The van der Waals surface area contributed by atoms with E-state index >= 15 is 0 Å². The van der Waals surface area contributed by atoms with Crippen LogP contribution in [0.2, 0.25) is 15.1 Å². The van der Waals surface area contributed by atoms with Gasteiger partial charge in [0, 0.05) is 10.7 Å². The lowest BCUT2D eigenvalue weighted by Crippen LogP contribution is -2.13. The van der Waals surface area contributed by atoms with Gasteiger partial charge >= 0.3 is 0 Å². The van der Waals surface area contributed by atoms with E-state index in [2.05, 4.69) is 5.32 Å². The summed E-state index contributed by atoms with van der Waals surface area (Å²) < 4.78 is 5.35. The van der Waals surface area contributed by atoms with Gasteiger partial charge in [-0.2, -0.15) is 5.26 Å². The number of ether oxygens (including phenoxy) is 1. The highest BCUT2D eigenvalue weighted by atomic mass is 35.5. The molecule has 2 rings (SSSR count). The van der Waals surface area contributed by atoms with E-state index in [-0.39, 0.29) is 5.57 Å². The van der Waals surface area contributed by atoms with Crippen LogP contribution >= 0.6 is 34.8 Å². The number of halogens is 3. The number of rotatable bonds is 5. The molecule has 25 heavy (non-hydrogen) atoms. The number of hydrogen-bond donors (Lipinski definition) is 1. The smallest absolute Gasteiger partial charge is 0.266 e. The second-order valence-corrected chi connectivity index (χ2v) is 6.13. The molecule has 0 radical (unpaired) electrons. The summed E-state index contributed by atoms with van der Waals surface area (Å²) >= 11 is 18.1. The topological polar surface area (TPSA) is 62.1 Å². The Hall–Kier alpha value is -2.19. The van der Waals surface area contributed by atoms with Gasteiger partial charge < -0.3 is 10.1 Å². The van der Waals surface area contributed by atoms with Crippen LogP contribution in [0.3, 0.4) is 0 Å². The molecule has 2 aromatic rings. The normalized spacial score (nSPS) is 10.9. The van der Waals surface area contributed by atoms with Crippen LogP contribution in [0.15, 0.2) is 42.0 Å². The third-order valence-electron chi connectivity index (χ3n) is 3.07. The van der Waals surface area contributed by atoms with Gasteiger partial charge in [0.15, 0.2) is 5.75 Å². The molecule has 7 heteroatoms. The van der Waals surface area contributed by atoms with Gasteiger partial charge in [-0.3, -0.25) is 4.79 Å². The van der Waals surface area contributed by atoms with Crippen molar-refractivity contribution < 1.29 is 9.53 Å². The molecule has 0 aliphatic heterocycles. The van der Waals surface area contributed by atoms with Gasteiger partial charge in [0.1, 0.15) is 11.6 Å². The van der Waals surface area contributed by atoms with E-state index in [1.807, 2.05) is 13.0 Å². The molecule has 0 aliphatic carbocycles. The molecule has 0 saturated carbocycles. The minimum Gasteiger partial charge on any atom is -0.491 e. The number of amides is 1. The van der Waals surface area contributed by atoms with Crippen LogP contribution in [0.5, 0.6) is 5.75 Å². The Morgan fingerprint density at radius 3 is 2.48 bits per heavy atom. The number of carbonyl (C=O) groups is 1. The lowest BCUT2D eigenvalue weighted by molar-refractivity contribution is -0.112. The van der Waals surface area contributed by atoms with Crippen molar-refractivity contribution in [2.75, 3.05) is 11.9 Å². The first-order valence-electron chi connectivity index (χ1n) is 7.25. The average molecular weight is 396 g/mol. The second-order valence-electron chi connectivity index (χ2n) is 4.88. The fourth-order valence-corrected chi connectivity index (χ4v) is 2.83. The van der Waals surface area contributed by atoms with Crippen LogP contribution in [0.1, 0.15) is 12.5 Å². The van der Waals surface area contributed by atoms with E-state index < -0.39 is 5.91 Å². The Bertz CT molecular complexity index is 850. The number of nitriles is 1. The van der Waals surface area contributed by atoms with Crippen molar-refractivity contribution in [3.8, 4) is 11.8 Å². The van der Waals surface area contributed by atoms with E-state index in [1.54, 1.807) is 36.4 Å². The number of nitrogens with one attached hydrogen (secondary N) is 1. The zero-order chi connectivity index (χ0) is 18.4. The highest BCUT2D eigenvalue weighted by Gasteiger charge is 2.13. The molecule has 0 saturated heterocycles. The van der Waals surface area contributed by atoms with E-state index in [1.165, 1.54) is 6.08 Å². The molecule has 0 aliphatic rings. The van der Waals surface area contributed by atoms with Crippen molar-refractivity contribution in [2.24, 2.45) is 0 Å². The summed E-state index contributed by atoms with van der Waals surface area (Å²) in [7, 11) is 0. The molecular formula is C18H13Cl3N2O2. The zero-order valence-corrected chi connectivity index (χ0v) is 15.4. The van der Waals surface area contributed by atoms with E-state index in [4.69, 9.17) is 39.5 Å². The first-order valence-corrected chi connectivity index (χ1v) is 8.38. The van der Waals surface area contributed by atoms with Crippen LogP contribution in [0, 0.1) is 11.3 Å². The van der Waals surface area contributed by atoms with Crippen LogP contribution in [-0.2, 0) is 4.79 Å². The molecule has 0 aromatic heterocycles. The van der Waals surface area contributed by atoms with Crippen molar-refractivity contribution >= 4 is 52.5 Å². The Balaban J connectivity index is 2.28. The Morgan fingerprint density at radius 1 is 1.24 bits per heavy atom. The maximum absolute atomic E-state index is 12.3. The van der Waals surface area contributed by atoms with Crippen molar-refractivity contribution in [3.63, 3.8) is 0 Å². The van der Waals surface area contributed by atoms with Crippen molar-refractivity contribution in [1.29, 1.82) is 5.26 Å². The Labute approximate surface area is 160 Å². The quantitative estimate of drug-likeness (QED) is 0.530. The van der Waals surface area contributed by atoms with Gasteiger partial charge in [0.2, 0.25) is 0 Å². The summed E-state index contributed by atoms with van der Waals surface area (Å²) in [5, 5.41) is 13.0. The number of hydrogen-bond acceptors (Lipinski definition) is 3. The minimum atomic E-state index is -0.564. The molecule has 0 unspecified atom stereocenters. The maximum atomic E-state index is 12.3. The molecular weight excluding hydrogens is 383 g/mol. The summed E-state index contributed by atoms with van der Waals surface area (Å²) in [6, 6.07) is 11.6. The Morgan fingerprint density at radius 2 is 1.92 bits per heavy atom. The van der Waals surface area contributed by atoms with Crippen molar-refractivity contribution in [2.45, 2.75) is 6.92 Å². The van der Waals surface area contributed by atoms with Gasteiger partial charge in [-0.15, -0.1) is 0 Å². The summed E-state index contributed by atoms with van der Waals surface area (Å²) in [5.74, 6) is -0.198. The molecule has 2 aromatic carbocycles. The number of carbonyl (C=O) groups excluding carboxylic acids is 1. The highest BCUT2D eigenvalue weighted by molar-refractivity contribution is 6.37. The van der Waals surface area contributed by atoms with E-state index in [9.17, 15) is 10.1 Å². The van der Waals surface area contributed by atoms with Crippen LogP contribution in [-0.4, -0.2) is 12.5 Å². The molecule has 0 fully saturated rings. The third-order valence-corrected chi connectivity index (χ3v) is 3.86. The molecule has 4 nitrogen and oxygen atoms in total. The SMILES string of the molecule is CCOc1c(Cl)cc(/C=C(\C#N)C(=O)Nc2cccc(Cl)c2)cc1Cl. The van der Waals surface area contributed by atoms with Gasteiger partial charge in [-0.1, -0.05) is 40.9 Å². The average Bonchev–Trinajstić information content (AvgIpc) is 2.56. The predicted molar refractivity (Wildman–Crippen MR) is 101 cm³/mol. The van der Waals surface area contributed by atoms with E-state index in [0.29, 0.717) is 38.7 Å². The largest absolute Gasteiger partial charge is 0.491 e. The fourth-order valence-electron chi connectivity index (χ4n) is 2.02. The summed E-state index contributed by atoms with van der Waals surface area (Å²) in [4.78, 5) is 12.3. The predicted octanol–water partition coefficient (Wildman–Crippen LogP) is 5.59. The minimum absolute atomic E-state index is 0.101. The van der Waals surface area contributed by atoms with Gasteiger partial charge in [-0.05, 0) is 48.9 Å². The summed E-state index contributed by atoms with van der Waals surface area (Å²) in [6.07, 6.45) is 1.40. The number of anilines is 1. The third kappa shape index (κ3) is 5.14. The first-order chi connectivity index (χ1) is 11.9. The molecule has 0 spiro atoms. The standard InChI is InChI=1S/C18H13Cl3N2O2/c1-2-25-17-15(20)7-11(8-16(17)21)6-12(10-22)18(24)23-14-5-3-4-13(19)9-14/h3-9H,2H2,1H3,(H,23,24)/b12-6+. The van der Waals surface area contributed by atoms with Gasteiger partial charge in [0.25, 0.3) is 5.91 Å². The monoisotopic (exact) mass is 394 g/mol. The molecule has 0 heterocycles. The van der Waals surface area contributed by atoms with Gasteiger partial charge in [-0.25, -0.2) is 0 Å². The van der Waals surface area contributed by atoms with Crippen LogP contribution in [0.25, 0.3) is 6.08 Å². The molecule has 0 atom stereocenters. The number of nitrogens with zero attached hydrogens (tertiary/aromatic N) is 1. The van der Waals surface area contributed by atoms with Crippen molar-refractivity contribution in [1.82, 2.24) is 0 Å².